The molecule has 0 aliphatic carbocycles. The molecule has 1 aliphatic heterocycles. The first-order valence-electron chi connectivity index (χ1n) is 5.74. The first-order chi connectivity index (χ1) is 7.66. The Balaban J connectivity index is 2.32. The maximum atomic E-state index is 6.01. The van der Waals surface area contributed by atoms with Crippen molar-refractivity contribution in [1.29, 1.82) is 0 Å². The van der Waals surface area contributed by atoms with Crippen LogP contribution in [-0.4, -0.2) is 4.57 Å². The van der Waals surface area contributed by atoms with Gasteiger partial charge in [-0.25, -0.2) is 0 Å². The summed E-state index contributed by atoms with van der Waals surface area (Å²) < 4.78 is 2.17. The molecule has 1 aromatic heterocycles. The second-order valence-electron chi connectivity index (χ2n) is 4.73. The number of nitrogens with zero attached hydrogens (tertiary/aromatic N) is 1. The lowest BCUT2D eigenvalue weighted by molar-refractivity contribution is 0.764. The van der Waals surface area contributed by atoms with Gasteiger partial charge in [0.2, 0.25) is 0 Å². The van der Waals surface area contributed by atoms with Crippen LogP contribution >= 0.6 is 0 Å². The summed E-state index contributed by atoms with van der Waals surface area (Å²) in [7, 11) is 2.09. The number of fused-ring (bicyclic) bond motifs is 2. The van der Waals surface area contributed by atoms with Crippen molar-refractivity contribution in [3.05, 3.63) is 35.0 Å². The normalized spacial score (nSPS) is 16.7. The quantitative estimate of drug-likeness (QED) is 0.761. The summed E-state index contributed by atoms with van der Waals surface area (Å²) in [5.74, 6) is 0. The van der Waals surface area contributed by atoms with Gasteiger partial charge in [0.15, 0.2) is 0 Å². The van der Waals surface area contributed by atoms with Crippen LogP contribution in [0, 0.1) is 0 Å². The number of nitrogens with two attached hydrogens (primary N) is 1. The van der Waals surface area contributed by atoms with Crippen LogP contribution in [-0.2, 0) is 20.1 Å². The summed E-state index contributed by atoms with van der Waals surface area (Å²) in [5, 5.41) is 4.69. The standard InChI is InChI=1S/C13H17N3/c1-8(14)12-7-16(2)13-4-10-6-15-5-9(10)3-11(12)13/h3-4,7-8,15H,5-6,14H2,1-2H3. The van der Waals surface area contributed by atoms with Gasteiger partial charge in [-0.05, 0) is 35.7 Å². The SMILES string of the molecule is CC(N)c1cn(C)c2cc3c(cc12)CNC3. The Hall–Kier alpha value is -1.32. The summed E-state index contributed by atoms with van der Waals surface area (Å²) in [6, 6.07) is 4.68. The number of rotatable bonds is 1. The first-order valence-corrected chi connectivity index (χ1v) is 5.74. The van der Waals surface area contributed by atoms with Crippen LogP contribution in [0.1, 0.15) is 29.7 Å². The van der Waals surface area contributed by atoms with Gasteiger partial charge in [0, 0.05) is 43.3 Å². The highest BCUT2D eigenvalue weighted by Gasteiger charge is 2.16. The van der Waals surface area contributed by atoms with Crippen LogP contribution in [0.5, 0.6) is 0 Å². The predicted molar refractivity (Wildman–Crippen MR) is 66.1 cm³/mol. The molecule has 3 nitrogen and oxygen atoms in total. The zero-order valence-corrected chi connectivity index (χ0v) is 9.75. The molecular weight excluding hydrogens is 198 g/mol. The number of aromatic nitrogens is 1. The van der Waals surface area contributed by atoms with Gasteiger partial charge in [-0.3, -0.25) is 0 Å². The topological polar surface area (TPSA) is 43.0 Å². The van der Waals surface area contributed by atoms with E-state index in [-0.39, 0.29) is 6.04 Å². The molecule has 2 heterocycles. The summed E-state index contributed by atoms with van der Waals surface area (Å²) in [5.41, 5.74) is 11.4. The van der Waals surface area contributed by atoms with Crippen molar-refractivity contribution in [2.45, 2.75) is 26.1 Å². The van der Waals surface area contributed by atoms with Gasteiger partial charge >= 0.3 is 0 Å². The van der Waals surface area contributed by atoms with E-state index in [1.165, 1.54) is 27.6 Å². The van der Waals surface area contributed by atoms with Crippen molar-refractivity contribution >= 4 is 10.9 Å². The Kier molecular flexibility index (Phi) is 2.06. The largest absolute Gasteiger partial charge is 0.350 e. The van der Waals surface area contributed by atoms with Crippen LogP contribution in [0.4, 0.5) is 0 Å². The van der Waals surface area contributed by atoms with Crippen LogP contribution in [0.3, 0.4) is 0 Å². The zero-order valence-electron chi connectivity index (χ0n) is 9.75. The Morgan fingerprint density at radius 3 is 2.69 bits per heavy atom. The third kappa shape index (κ3) is 1.29. The molecule has 0 bridgehead atoms. The van der Waals surface area contributed by atoms with Crippen molar-refractivity contribution in [3.8, 4) is 0 Å². The number of nitrogens with one attached hydrogen (secondary N) is 1. The highest BCUT2D eigenvalue weighted by Crippen LogP contribution is 2.29. The molecule has 2 aromatic rings. The molecule has 16 heavy (non-hydrogen) atoms. The number of hydrogen-bond acceptors (Lipinski definition) is 2. The van der Waals surface area contributed by atoms with Crippen molar-refractivity contribution in [2.24, 2.45) is 12.8 Å². The average molecular weight is 215 g/mol. The van der Waals surface area contributed by atoms with Gasteiger partial charge in [-0.2, -0.15) is 0 Å². The third-order valence-electron chi connectivity index (χ3n) is 3.46. The van der Waals surface area contributed by atoms with Gasteiger partial charge in [0.1, 0.15) is 0 Å². The van der Waals surface area contributed by atoms with Crippen molar-refractivity contribution in [2.75, 3.05) is 0 Å². The minimum atomic E-state index is 0.0936. The molecule has 0 fully saturated rings. The van der Waals surface area contributed by atoms with E-state index in [2.05, 4.69) is 35.3 Å². The number of benzene rings is 1. The molecule has 1 aliphatic rings. The second kappa shape index (κ2) is 3.34. The Morgan fingerprint density at radius 2 is 2.00 bits per heavy atom. The van der Waals surface area contributed by atoms with Crippen LogP contribution in [0.2, 0.25) is 0 Å². The summed E-state index contributed by atoms with van der Waals surface area (Å²) >= 11 is 0. The van der Waals surface area contributed by atoms with Gasteiger partial charge in [0.05, 0.1) is 0 Å². The van der Waals surface area contributed by atoms with Gasteiger partial charge in [0.25, 0.3) is 0 Å². The van der Waals surface area contributed by atoms with Crippen LogP contribution in [0.15, 0.2) is 18.3 Å². The molecule has 0 radical (unpaired) electrons. The molecule has 0 saturated carbocycles. The molecule has 1 aromatic carbocycles. The van der Waals surface area contributed by atoms with Crippen molar-refractivity contribution in [3.63, 3.8) is 0 Å². The lowest BCUT2D eigenvalue weighted by Gasteiger charge is -2.04. The molecule has 1 atom stereocenters. The smallest absolute Gasteiger partial charge is 0.0484 e. The fourth-order valence-corrected chi connectivity index (χ4v) is 2.57. The molecule has 1 unspecified atom stereocenters. The molecule has 0 saturated heterocycles. The fraction of sp³-hybridized carbons (Fsp3) is 0.385. The van der Waals surface area contributed by atoms with E-state index in [0.717, 1.165) is 13.1 Å². The molecular formula is C13H17N3. The zero-order chi connectivity index (χ0) is 11.3. The van der Waals surface area contributed by atoms with E-state index in [9.17, 15) is 0 Å². The Labute approximate surface area is 95.2 Å². The maximum absolute atomic E-state index is 6.01. The molecule has 3 N–H and O–H groups in total. The summed E-state index contributed by atoms with van der Waals surface area (Å²) in [6.45, 7) is 4.02. The number of hydrogen-bond donors (Lipinski definition) is 2. The predicted octanol–water partition coefficient (Wildman–Crippen LogP) is 1.80. The third-order valence-corrected chi connectivity index (χ3v) is 3.46. The molecule has 0 amide bonds. The minimum Gasteiger partial charge on any atom is -0.350 e. The molecule has 0 spiro atoms. The number of aryl methyl sites for hydroxylation is 1. The highest BCUT2D eigenvalue weighted by molar-refractivity contribution is 5.86. The Morgan fingerprint density at radius 1 is 1.31 bits per heavy atom. The van der Waals surface area contributed by atoms with Crippen LogP contribution in [0.25, 0.3) is 10.9 Å². The van der Waals surface area contributed by atoms with Crippen LogP contribution < -0.4 is 11.1 Å². The summed E-state index contributed by atoms with van der Waals surface area (Å²) in [6.07, 6.45) is 2.15. The maximum Gasteiger partial charge on any atom is 0.0484 e. The first kappa shape index (κ1) is 9.87. The van der Waals surface area contributed by atoms with E-state index in [4.69, 9.17) is 5.73 Å². The van der Waals surface area contributed by atoms with E-state index in [1.807, 2.05) is 6.92 Å². The molecule has 3 rings (SSSR count). The Bertz CT molecular complexity index is 552. The monoisotopic (exact) mass is 215 g/mol. The summed E-state index contributed by atoms with van der Waals surface area (Å²) in [4.78, 5) is 0. The van der Waals surface area contributed by atoms with Crippen molar-refractivity contribution < 1.29 is 0 Å². The molecule has 3 heteroatoms. The highest BCUT2D eigenvalue weighted by atomic mass is 14.9. The molecule has 84 valence electrons. The minimum absolute atomic E-state index is 0.0936. The lowest BCUT2D eigenvalue weighted by atomic mass is 10.0. The van der Waals surface area contributed by atoms with Gasteiger partial charge in [-0.15, -0.1) is 0 Å². The van der Waals surface area contributed by atoms with E-state index >= 15 is 0 Å². The second-order valence-corrected chi connectivity index (χ2v) is 4.73. The van der Waals surface area contributed by atoms with Crippen molar-refractivity contribution in [1.82, 2.24) is 9.88 Å². The van der Waals surface area contributed by atoms with Gasteiger partial charge < -0.3 is 15.6 Å². The van der Waals surface area contributed by atoms with E-state index in [1.54, 1.807) is 0 Å². The average Bonchev–Trinajstić information content (AvgIpc) is 2.80. The van der Waals surface area contributed by atoms with E-state index < -0.39 is 0 Å². The fourth-order valence-electron chi connectivity index (χ4n) is 2.57. The lowest BCUT2D eigenvalue weighted by Crippen LogP contribution is -2.04. The van der Waals surface area contributed by atoms with E-state index in [0.29, 0.717) is 0 Å². The van der Waals surface area contributed by atoms with Gasteiger partial charge in [-0.1, -0.05) is 0 Å².